The summed E-state index contributed by atoms with van der Waals surface area (Å²) in [7, 11) is 0. The lowest BCUT2D eigenvalue weighted by Gasteiger charge is -2.42. The van der Waals surface area contributed by atoms with Crippen molar-refractivity contribution in [3.63, 3.8) is 0 Å². The number of aliphatic hydroxyl groups excluding tert-OH is 1. The molecule has 1 amide bonds. The van der Waals surface area contributed by atoms with Gasteiger partial charge >= 0.3 is 0 Å². The molecule has 2 atom stereocenters. The van der Waals surface area contributed by atoms with Crippen LogP contribution < -0.4 is 10.1 Å². The number of carbonyl (C=O) groups excluding carboxylic acids is 1. The van der Waals surface area contributed by atoms with Crippen LogP contribution in [0.5, 0.6) is 5.75 Å². The van der Waals surface area contributed by atoms with E-state index >= 15 is 0 Å². The van der Waals surface area contributed by atoms with Crippen molar-refractivity contribution in [2.24, 2.45) is 0 Å². The van der Waals surface area contributed by atoms with Gasteiger partial charge in [0.25, 0.3) is 5.91 Å². The van der Waals surface area contributed by atoms with Crippen molar-refractivity contribution in [1.82, 2.24) is 5.32 Å². The first-order valence-electron chi connectivity index (χ1n) is 8.49. The Morgan fingerprint density at radius 1 is 1.35 bits per heavy atom. The molecule has 2 unspecified atom stereocenters. The Balaban J connectivity index is 2.00. The molecule has 1 heterocycles. The summed E-state index contributed by atoms with van der Waals surface area (Å²) in [6.45, 7) is 5.54. The van der Waals surface area contributed by atoms with Gasteiger partial charge in [-0.25, -0.2) is 4.39 Å². The van der Waals surface area contributed by atoms with Crippen LogP contribution in [-0.4, -0.2) is 22.7 Å². The van der Waals surface area contributed by atoms with Crippen LogP contribution in [0.1, 0.15) is 48.3 Å². The number of aryl methyl sites for hydroxylation is 1. The van der Waals surface area contributed by atoms with Crippen molar-refractivity contribution in [2.45, 2.75) is 44.9 Å². The van der Waals surface area contributed by atoms with Crippen LogP contribution in [-0.2, 0) is 6.42 Å². The fraction of sp³-hybridized carbons (Fsp3) is 0.350. The van der Waals surface area contributed by atoms with Crippen LogP contribution in [0.15, 0.2) is 40.9 Å². The number of amides is 1. The number of halogens is 2. The van der Waals surface area contributed by atoms with Crippen LogP contribution in [0.2, 0.25) is 0 Å². The molecule has 0 radical (unpaired) electrons. The van der Waals surface area contributed by atoms with Gasteiger partial charge in [0.1, 0.15) is 23.3 Å². The summed E-state index contributed by atoms with van der Waals surface area (Å²) in [4.78, 5) is 12.7. The number of nitrogens with one attached hydrogen (secondary N) is 1. The highest BCUT2D eigenvalue weighted by atomic mass is 79.9. The predicted octanol–water partition coefficient (Wildman–Crippen LogP) is 4.15. The fourth-order valence-corrected chi connectivity index (χ4v) is 3.49. The van der Waals surface area contributed by atoms with Crippen molar-refractivity contribution >= 4 is 21.8 Å². The number of benzene rings is 2. The van der Waals surface area contributed by atoms with E-state index in [0.717, 1.165) is 12.0 Å². The number of ether oxygens (including phenoxy) is 1. The van der Waals surface area contributed by atoms with E-state index in [1.807, 2.05) is 25.1 Å². The highest BCUT2D eigenvalue weighted by Crippen LogP contribution is 2.40. The molecule has 2 aromatic carbocycles. The molecular weight excluding hydrogens is 401 g/mol. The van der Waals surface area contributed by atoms with E-state index in [4.69, 9.17) is 4.74 Å². The number of fused-ring (bicyclic) bond motifs is 1. The molecule has 3 rings (SSSR count). The van der Waals surface area contributed by atoms with Gasteiger partial charge in [-0.1, -0.05) is 19.1 Å². The highest BCUT2D eigenvalue weighted by Gasteiger charge is 2.43. The van der Waals surface area contributed by atoms with Crippen LogP contribution in [0.3, 0.4) is 0 Å². The molecule has 0 saturated carbocycles. The third-order valence-electron chi connectivity index (χ3n) is 4.70. The molecular formula is C20H21BrFNO3. The standard InChI is InChI=1S/C20H21BrFNO3/c1-4-11-8-9-15-13(10-11)17(18(24)20(2,3)26-15)23-19(25)12-6-5-7-14(21)16(12)22/h5-10,17-18,24H,4H2,1-3H3,(H,23,25). The Bertz CT molecular complexity index is 853. The molecule has 0 aromatic heterocycles. The summed E-state index contributed by atoms with van der Waals surface area (Å²) >= 11 is 3.09. The van der Waals surface area contributed by atoms with E-state index in [-0.39, 0.29) is 10.0 Å². The average molecular weight is 422 g/mol. The maximum absolute atomic E-state index is 14.3. The van der Waals surface area contributed by atoms with Crippen molar-refractivity contribution in [3.8, 4) is 5.75 Å². The van der Waals surface area contributed by atoms with Crippen molar-refractivity contribution in [2.75, 3.05) is 0 Å². The summed E-state index contributed by atoms with van der Waals surface area (Å²) in [6, 6.07) is 9.55. The first kappa shape index (κ1) is 18.9. The first-order chi connectivity index (χ1) is 12.2. The number of aliphatic hydroxyl groups is 1. The number of hydrogen-bond donors (Lipinski definition) is 2. The maximum atomic E-state index is 14.3. The Hall–Kier alpha value is -1.92. The van der Waals surface area contributed by atoms with Gasteiger partial charge in [-0.15, -0.1) is 0 Å². The quantitative estimate of drug-likeness (QED) is 0.782. The van der Waals surface area contributed by atoms with E-state index in [2.05, 4.69) is 21.2 Å². The zero-order chi connectivity index (χ0) is 19.1. The summed E-state index contributed by atoms with van der Waals surface area (Å²) < 4.78 is 20.4. The van der Waals surface area contributed by atoms with Gasteiger partial charge in [-0.05, 0) is 66.0 Å². The third kappa shape index (κ3) is 3.35. The van der Waals surface area contributed by atoms with Gasteiger partial charge < -0.3 is 15.2 Å². The molecule has 0 saturated heterocycles. The minimum Gasteiger partial charge on any atom is -0.485 e. The fourth-order valence-electron chi connectivity index (χ4n) is 3.12. The largest absolute Gasteiger partial charge is 0.485 e. The summed E-state index contributed by atoms with van der Waals surface area (Å²) in [5.74, 6) is -0.607. The lowest BCUT2D eigenvalue weighted by Crippen LogP contribution is -2.53. The van der Waals surface area contributed by atoms with Gasteiger partial charge in [-0.2, -0.15) is 0 Å². The van der Waals surface area contributed by atoms with Gasteiger partial charge in [0, 0.05) is 5.56 Å². The normalized spacial score (nSPS) is 20.8. The molecule has 0 bridgehead atoms. The molecule has 2 aromatic rings. The second-order valence-electron chi connectivity index (χ2n) is 6.93. The molecule has 1 aliphatic rings. The van der Waals surface area contributed by atoms with Crippen molar-refractivity contribution in [1.29, 1.82) is 0 Å². The highest BCUT2D eigenvalue weighted by molar-refractivity contribution is 9.10. The van der Waals surface area contributed by atoms with Crippen LogP contribution in [0.25, 0.3) is 0 Å². The monoisotopic (exact) mass is 421 g/mol. The average Bonchev–Trinajstić information content (AvgIpc) is 2.60. The van der Waals surface area contributed by atoms with E-state index < -0.39 is 29.5 Å². The lowest BCUT2D eigenvalue weighted by molar-refractivity contribution is -0.0628. The maximum Gasteiger partial charge on any atom is 0.254 e. The Morgan fingerprint density at radius 2 is 2.08 bits per heavy atom. The lowest BCUT2D eigenvalue weighted by atomic mass is 9.85. The predicted molar refractivity (Wildman–Crippen MR) is 101 cm³/mol. The summed E-state index contributed by atoms with van der Waals surface area (Å²) in [5, 5.41) is 13.6. The SMILES string of the molecule is CCc1ccc2c(c1)C(NC(=O)c1cccc(Br)c1F)C(O)C(C)(C)O2. The second-order valence-corrected chi connectivity index (χ2v) is 7.78. The Labute approximate surface area is 160 Å². The van der Waals surface area contributed by atoms with E-state index in [9.17, 15) is 14.3 Å². The number of hydrogen-bond acceptors (Lipinski definition) is 3. The zero-order valence-corrected chi connectivity index (χ0v) is 16.4. The summed E-state index contributed by atoms with van der Waals surface area (Å²) in [5.41, 5.74) is 0.783. The topological polar surface area (TPSA) is 58.6 Å². The summed E-state index contributed by atoms with van der Waals surface area (Å²) in [6.07, 6.45) is -0.172. The molecule has 138 valence electrons. The Morgan fingerprint density at radius 3 is 2.77 bits per heavy atom. The third-order valence-corrected chi connectivity index (χ3v) is 5.31. The van der Waals surface area contributed by atoms with Crippen LogP contribution in [0.4, 0.5) is 4.39 Å². The van der Waals surface area contributed by atoms with E-state index in [0.29, 0.717) is 11.3 Å². The molecule has 6 heteroatoms. The minimum atomic E-state index is -0.985. The van der Waals surface area contributed by atoms with Gasteiger partial charge in [0.15, 0.2) is 0 Å². The molecule has 4 nitrogen and oxygen atoms in total. The van der Waals surface area contributed by atoms with E-state index in [1.165, 1.54) is 12.1 Å². The second kappa shape index (κ2) is 7.00. The zero-order valence-electron chi connectivity index (χ0n) is 14.8. The van der Waals surface area contributed by atoms with Gasteiger partial charge in [-0.3, -0.25) is 4.79 Å². The first-order valence-corrected chi connectivity index (χ1v) is 9.28. The molecule has 0 fully saturated rings. The van der Waals surface area contributed by atoms with Crippen LogP contribution in [0, 0.1) is 5.82 Å². The van der Waals surface area contributed by atoms with Gasteiger partial charge in [0.05, 0.1) is 16.1 Å². The van der Waals surface area contributed by atoms with Crippen molar-refractivity contribution < 1.29 is 19.0 Å². The van der Waals surface area contributed by atoms with Gasteiger partial charge in [0.2, 0.25) is 0 Å². The number of rotatable bonds is 3. The molecule has 0 aliphatic carbocycles. The Kier molecular flexibility index (Phi) is 5.08. The minimum absolute atomic E-state index is 0.0796. The van der Waals surface area contributed by atoms with E-state index in [1.54, 1.807) is 19.9 Å². The molecule has 26 heavy (non-hydrogen) atoms. The molecule has 1 aliphatic heterocycles. The number of carbonyl (C=O) groups is 1. The molecule has 0 spiro atoms. The smallest absolute Gasteiger partial charge is 0.254 e. The molecule has 2 N–H and O–H groups in total. The van der Waals surface area contributed by atoms with Crippen LogP contribution >= 0.6 is 15.9 Å². The van der Waals surface area contributed by atoms with Crippen molar-refractivity contribution in [3.05, 3.63) is 63.4 Å².